The van der Waals surface area contributed by atoms with Crippen molar-refractivity contribution in [1.82, 2.24) is 14.7 Å². The normalized spacial score (nSPS) is 15.3. The van der Waals surface area contributed by atoms with E-state index in [9.17, 15) is 13.6 Å². The maximum absolute atomic E-state index is 13.6. The highest BCUT2D eigenvalue weighted by Gasteiger charge is 2.33. The number of carbonyl (C=O) groups excluding carboxylic acids is 1. The molecule has 0 bridgehead atoms. The Bertz CT molecular complexity index is 839. The fraction of sp³-hybridized carbons (Fsp3) is 0.474. The van der Waals surface area contributed by atoms with Gasteiger partial charge in [0, 0.05) is 38.8 Å². The van der Waals surface area contributed by atoms with Gasteiger partial charge in [0.05, 0.1) is 10.7 Å². The maximum atomic E-state index is 13.6. The highest BCUT2D eigenvalue weighted by Crippen LogP contribution is 2.33. The van der Waals surface area contributed by atoms with Gasteiger partial charge in [0.25, 0.3) is 5.92 Å². The van der Waals surface area contributed by atoms with Gasteiger partial charge in [-0.3, -0.25) is 9.48 Å². The molecule has 0 spiro atoms. The minimum absolute atomic E-state index is 0.0837. The van der Waals surface area contributed by atoms with Crippen LogP contribution in [0.1, 0.15) is 23.9 Å². The van der Waals surface area contributed by atoms with Crippen molar-refractivity contribution in [2.24, 2.45) is 0 Å². The monoisotopic (exact) mass is 396 g/mol. The van der Waals surface area contributed by atoms with E-state index in [2.05, 4.69) is 35.1 Å². The van der Waals surface area contributed by atoms with Gasteiger partial charge in [0.1, 0.15) is 12.2 Å². The smallest absolute Gasteiger partial charge is 0.290 e. The van der Waals surface area contributed by atoms with E-state index in [1.807, 2.05) is 6.07 Å². The predicted octanol–water partition coefficient (Wildman–Crippen LogP) is 3.61. The number of carbonyl (C=O) groups is 1. The molecule has 1 saturated heterocycles. The van der Waals surface area contributed by atoms with Crippen LogP contribution in [0.15, 0.2) is 24.3 Å². The third-order valence-corrected chi connectivity index (χ3v) is 5.29. The number of amides is 1. The molecule has 0 saturated carbocycles. The van der Waals surface area contributed by atoms with Crippen LogP contribution < -0.4 is 4.90 Å². The van der Waals surface area contributed by atoms with Crippen molar-refractivity contribution in [3.05, 3.63) is 46.2 Å². The number of hydrogen-bond acceptors (Lipinski definition) is 3. The molecule has 2 aromatic rings. The fourth-order valence-corrected chi connectivity index (χ4v) is 3.53. The third kappa shape index (κ3) is 4.24. The molecule has 146 valence electrons. The molecule has 0 N–H and O–H groups in total. The number of halogens is 3. The number of alkyl halides is 2. The number of anilines is 1. The van der Waals surface area contributed by atoms with Gasteiger partial charge in [0.2, 0.25) is 5.91 Å². The molecular formula is C19H23ClF2N4O. The summed E-state index contributed by atoms with van der Waals surface area (Å²) in [4.78, 5) is 16.6. The molecule has 3 rings (SSSR count). The molecule has 1 aliphatic heterocycles. The molecule has 27 heavy (non-hydrogen) atoms. The minimum atomic E-state index is -3.14. The first-order valence-corrected chi connectivity index (χ1v) is 9.25. The van der Waals surface area contributed by atoms with Crippen LogP contribution in [0.4, 0.5) is 14.5 Å². The van der Waals surface area contributed by atoms with E-state index in [1.165, 1.54) is 10.2 Å². The van der Waals surface area contributed by atoms with E-state index < -0.39 is 11.6 Å². The summed E-state index contributed by atoms with van der Waals surface area (Å²) < 4.78 is 28.4. The first kappa shape index (κ1) is 19.6. The summed E-state index contributed by atoms with van der Waals surface area (Å²) in [5.41, 5.74) is 2.23. The van der Waals surface area contributed by atoms with Gasteiger partial charge in [-0.1, -0.05) is 23.7 Å². The first-order chi connectivity index (χ1) is 12.7. The average Bonchev–Trinajstić information content (AvgIpc) is 2.90. The molecule has 1 aromatic carbocycles. The fourth-order valence-electron chi connectivity index (χ4n) is 3.23. The lowest BCUT2D eigenvalue weighted by Gasteiger charge is -2.36. The van der Waals surface area contributed by atoms with Gasteiger partial charge < -0.3 is 9.80 Å². The summed E-state index contributed by atoms with van der Waals surface area (Å²) in [5.74, 6) is -3.29. The Morgan fingerprint density at radius 1 is 1.22 bits per heavy atom. The number of aromatic nitrogens is 2. The molecule has 0 unspecified atom stereocenters. The second-order valence-electron chi connectivity index (χ2n) is 7.00. The molecule has 1 fully saturated rings. The summed E-state index contributed by atoms with van der Waals surface area (Å²) >= 11 is 5.97. The summed E-state index contributed by atoms with van der Waals surface area (Å²) in [6, 6.07) is 8.26. The lowest BCUT2D eigenvalue weighted by atomic mass is 10.2. The van der Waals surface area contributed by atoms with Crippen LogP contribution in [0, 0.1) is 13.8 Å². The van der Waals surface area contributed by atoms with Gasteiger partial charge in [-0.25, -0.2) is 0 Å². The van der Waals surface area contributed by atoms with Crippen LogP contribution in [0.2, 0.25) is 5.02 Å². The predicted molar refractivity (Wildman–Crippen MR) is 102 cm³/mol. The Hall–Kier alpha value is -2.15. The minimum Gasteiger partial charge on any atom is -0.368 e. The number of rotatable bonds is 4. The molecule has 8 heteroatoms. The lowest BCUT2D eigenvalue weighted by molar-refractivity contribution is -0.132. The largest absolute Gasteiger partial charge is 0.368 e. The zero-order chi connectivity index (χ0) is 19.8. The van der Waals surface area contributed by atoms with E-state index in [0.717, 1.165) is 25.7 Å². The van der Waals surface area contributed by atoms with E-state index in [0.29, 0.717) is 18.8 Å². The highest BCUT2D eigenvalue weighted by molar-refractivity contribution is 6.32. The van der Waals surface area contributed by atoms with Gasteiger partial charge in [-0.15, -0.1) is 0 Å². The number of nitrogens with zero attached hydrogens (tertiary/aromatic N) is 4. The second-order valence-corrected chi connectivity index (χ2v) is 7.38. The molecule has 2 heterocycles. The van der Waals surface area contributed by atoms with E-state index in [4.69, 9.17) is 11.6 Å². The molecule has 1 amide bonds. The quantitative estimate of drug-likeness (QED) is 0.792. The molecule has 0 radical (unpaired) electrons. The first-order valence-electron chi connectivity index (χ1n) is 8.87. The highest BCUT2D eigenvalue weighted by atomic mass is 35.5. The second kappa shape index (κ2) is 7.46. The SMILES string of the molecule is Cc1cccc(N2CCN(C(=O)Cn3nc(C(C)(F)F)c(Cl)c3C)CC2)c1. The van der Waals surface area contributed by atoms with Crippen molar-refractivity contribution < 1.29 is 13.6 Å². The van der Waals surface area contributed by atoms with Gasteiger partial charge in [0.15, 0.2) is 0 Å². The average molecular weight is 397 g/mol. The van der Waals surface area contributed by atoms with E-state index in [1.54, 1.807) is 11.8 Å². The van der Waals surface area contributed by atoms with Crippen molar-refractivity contribution in [3.8, 4) is 0 Å². The van der Waals surface area contributed by atoms with Crippen molar-refractivity contribution in [2.45, 2.75) is 33.2 Å². The Balaban J connectivity index is 1.64. The zero-order valence-corrected chi connectivity index (χ0v) is 16.4. The zero-order valence-electron chi connectivity index (χ0n) is 15.7. The standard InChI is InChI=1S/C19H23ClF2N4O/c1-13-5-4-6-15(11-13)24-7-9-25(10-8-24)16(27)12-26-14(2)17(20)18(23-26)19(3,21)22/h4-6,11H,7-10,12H2,1-3H3. The summed E-state index contributed by atoms with van der Waals surface area (Å²) in [5, 5.41) is 3.78. The van der Waals surface area contributed by atoms with E-state index >= 15 is 0 Å². The molecule has 1 aromatic heterocycles. The van der Waals surface area contributed by atoms with Crippen LogP contribution in [-0.2, 0) is 17.3 Å². The van der Waals surface area contributed by atoms with Crippen molar-refractivity contribution in [1.29, 1.82) is 0 Å². The number of benzene rings is 1. The van der Waals surface area contributed by atoms with Crippen LogP contribution in [0.3, 0.4) is 0 Å². The molecule has 0 atom stereocenters. The molecular weight excluding hydrogens is 374 g/mol. The van der Waals surface area contributed by atoms with E-state index in [-0.39, 0.29) is 17.5 Å². The van der Waals surface area contributed by atoms with Crippen LogP contribution in [-0.4, -0.2) is 46.8 Å². The molecule has 1 aliphatic rings. The lowest BCUT2D eigenvalue weighted by Crippen LogP contribution is -2.49. The van der Waals surface area contributed by atoms with Crippen LogP contribution >= 0.6 is 11.6 Å². The maximum Gasteiger partial charge on any atom is 0.290 e. The van der Waals surface area contributed by atoms with Gasteiger partial charge >= 0.3 is 0 Å². The van der Waals surface area contributed by atoms with Gasteiger partial charge in [-0.05, 0) is 31.5 Å². The molecule has 5 nitrogen and oxygen atoms in total. The summed E-state index contributed by atoms with van der Waals surface area (Å²) in [6.45, 7) is 6.92. The topological polar surface area (TPSA) is 41.4 Å². The Morgan fingerprint density at radius 2 is 1.89 bits per heavy atom. The summed E-state index contributed by atoms with van der Waals surface area (Å²) in [6.07, 6.45) is 0. The Kier molecular flexibility index (Phi) is 5.42. The number of piperazine rings is 1. The third-order valence-electron chi connectivity index (χ3n) is 4.83. The van der Waals surface area contributed by atoms with Crippen LogP contribution in [0.5, 0.6) is 0 Å². The Labute approximate surface area is 162 Å². The van der Waals surface area contributed by atoms with Crippen molar-refractivity contribution in [3.63, 3.8) is 0 Å². The van der Waals surface area contributed by atoms with Crippen molar-refractivity contribution >= 4 is 23.2 Å². The Morgan fingerprint density at radius 3 is 2.44 bits per heavy atom. The molecule has 0 aliphatic carbocycles. The number of aryl methyl sites for hydroxylation is 1. The van der Waals surface area contributed by atoms with Crippen LogP contribution in [0.25, 0.3) is 0 Å². The number of hydrogen-bond donors (Lipinski definition) is 0. The van der Waals surface area contributed by atoms with Crippen molar-refractivity contribution in [2.75, 3.05) is 31.1 Å². The van der Waals surface area contributed by atoms with Gasteiger partial charge in [-0.2, -0.15) is 13.9 Å². The summed E-state index contributed by atoms with van der Waals surface area (Å²) in [7, 11) is 0.